The van der Waals surface area contributed by atoms with E-state index in [1.807, 2.05) is 0 Å². The molecule has 26 heavy (non-hydrogen) atoms. The van der Waals surface area contributed by atoms with Gasteiger partial charge in [0.05, 0.1) is 5.69 Å². The van der Waals surface area contributed by atoms with Gasteiger partial charge in [0.15, 0.2) is 0 Å². The first kappa shape index (κ1) is 17.2. The molecule has 3 N–H and O–H groups in total. The van der Waals surface area contributed by atoms with Gasteiger partial charge >= 0.3 is 11.4 Å². The van der Waals surface area contributed by atoms with Gasteiger partial charge in [-0.15, -0.1) is 0 Å². The summed E-state index contributed by atoms with van der Waals surface area (Å²) in [6.07, 6.45) is -0.0272. The normalized spacial score (nSPS) is 10.8. The SMILES string of the molecule is Cc1ccc(C(=O)NCCC(N)=O)n2c(=O)n(-c3ccccc3)c(=O)n12. The first-order chi connectivity index (χ1) is 12.4. The van der Waals surface area contributed by atoms with Crippen LogP contribution in [0, 0.1) is 6.92 Å². The number of para-hydroxylation sites is 1. The van der Waals surface area contributed by atoms with Crippen LogP contribution in [-0.2, 0) is 4.79 Å². The molecule has 0 aliphatic heterocycles. The molecule has 0 saturated heterocycles. The van der Waals surface area contributed by atoms with E-state index in [1.54, 1.807) is 43.3 Å². The largest absolute Gasteiger partial charge is 0.370 e. The zero-order chi connectivity index (χ0) is 18.8. The van der Waals surface area contributed by atoms with Crippen LogP contribution in [0.2, 0.25) is 0 Å². The highest BCUT2D eigenvalue weighted by Gasteiger charge is 2.20. The van der Waals surface area contributed by atoms with Gasteiger partial charge in [0.2, 0.25) is 5.91 Å². The molecule has 0 fully saturated rings. The van der Waals surface area contributed by atoms with Crippen LogP contribution in [0.5, 0.6) is 0 Å². The molecule has 0 aliphatic rings. The maximum Gasteiger partial charge on any atom is 0.357 e. The van der Waals surface area contributed by atoms with Crippen LogP contribution in [-0.4, -0.2) is 32.0 Å². The molecule has 2 heterocycles. The lowest BCUT2D eigenvalue weighted by atomic mass is 10.3. The molecule has 0 bridgehead atoms. The predicted octanol–water partition coefficient (Wildman–Crippen LogP) is -0.536. The lowest BCUT2D eigenvalue weighted by Crippen LogP contribution is -2.33. The smallest absolute Gasteiger partial charge is 0.357 e. The highest BCUT2D eigenvalue weighted by Crippen LogP contribution is 2.04. The molecule has 3 rings (SSSR count). The third-order valence-corrected chi connectivity index (χ3v) is 3.89. The number of aryl methyl sites for hydroxylation is 1. The van der Waals surface area contributed by atoms with Crippen molar-refractivity contribution >= 4 is 11.8 Å². The second-order valence-electron chi connectivity index (χ2n) is 5.69. The van der Waals surface area contributed by atoms with Crippen molar-refractivity contribution in [2.75, 3.05) is 6.54 Å². The summed E-state index contributed by atoms with van der Waals surface area (Å²) in [5.74, 6) is -1.14. The van der Waals surface area contributed by atoms with Crippen molar-refractivity contribution in [1.29, 1.82) is 0 Å². The quantitative estimate of drug-likeness (QED) is 0.639. The molecule has 1 aromatic carbocycles. The van der Waals surface area contributed by atoms with Gasteiger partial charge in [-0.25, -0.2) is 14.2 Å². The van der Waals surface area contributed by atoms with Crippen LogP contribution in [0.15, 0.2) is 52.1 Å². The first-order valence-corrected chi connectivity index (χ1v) is 7.90. The molecule has 3 aromatic rings. The Morgan fingerprint density at radius 2 is 1.65 bits per heavy atom. The van der Waals surface area contributed by atoms with Crippen LogP contribution in [0.1, 0.15) is 22.6 Å². The number of rotatable bonds is 5. The van der Waals surface area contributed by atoms with Crippen molar-refractivity contribution < 1.29 is 9.59 Å². The van der Waals surface area contributed by atoms with Crippen molar-refractivity contribution in [2.24, 2.45) is 5.73 Å². The van der Waals surface area contributed by atoms with Crippen molar-refractivity contribution in [1.82, 2.24) is 18.9 Å². The Bertz CT molecular complexity index is 1110. The lowest BCUT2D eigenvalue weighted by molar-refractivity contribution is -0.117. The van der Waals surface area contributed by atoms with Crippen molar-refractivity contribution in [3.63, 3.8) is 0 Å². The Balaban J connectivity index is 2.17. The minimum absolute atomic E-state index is 0.0168. The fourth-order valence-electron chi connectivity index (χ4n) is 2.66. The predicted molar refractivity (Wildman–Crippen MR) is 93.6 cm³/mol. The van der Waals surface area contributed by atoms with Gasteiger partial charge in [-0.3, -0.25) is 9.59 Å². The van der Waals surface area contributed by atoms with E-state index in [9.17, 15) is 19.2 Å². The van der Waals surface area contributed by atoms with Crippen LogP contribution in [0.25, 0.3) is 5.69 Å². The summed E-state index contributed by atoms with van der Waals surface area (Å²) in [7, 11) is 0. The summed E-state index contributed by atoms with van der Waals surface area (Å²) in [6.45, 7) is 1.69. The fourth-order valence-corrected chi connectivity index (χ4v) is 2.66. The van der Waals surface area contributed by atoms with Gasteiger partial charge in [-0.05, 0) is 31.2 Å². The van der Waals surface area contributed by atoms with Gasteiger partial charge in [-0.2, -0.15) is 9.03 Å². The summed E-state index contributed by atoms with van der Waals surface area (Å²) in [6, 6.07) is 11.5. The number of nitrogens with zero attached hydrogens (tertiary/aromatic N) is 3. The molecule has 134 valence electrons. The van der Waals surface area contributed by atoms with Gasteiger partial charge in [0, 0.05) is 18.7 Å². The van der Waals surface area contributed by atoms with E-state index in [4.69, 9.17) is 5.73 Å². The van der Waals surface area contributed by atoms with Gasteiger partial charge in [0.1, 0.15) is 5.69 Å². The summed E-state index contributed by atoms with van der Waals surface area (Å²) in [5, 5.41) is 2.51. The Morgan fingerprint density at radius 1 is 1.00 bits per heavy atom. The lowest BCUT2D eigenvalue weighted by Gasteiger charge is -2.07. The molecular formula is C17H17N5O4. The van der Waals surface area contributed by atoms with Crippen LogP contribution in [0.4, 0.5) is 0 Å². The van der Waals surface area contributed by atoms with E-state index in [0.717, 1.165) is 13.6 Å². The van der Waals surface area contributed by atoms with Gasteiger partial charge < -0.3 is 11.1 Å². The molecule has 0 saturated carbocycles. The van der Waals surface area contributed by atoms with E-state index in [1.165, 1.54) is 6.07 Å². The number of hydrogen-bond donors (Lipinski definition) is 2. The number of primary amides is 1. The molecule has 0 aliphatic carbocycles. The molecule has 9 heteroatoms. The number of nitrogens with one attached hydrogen (secondary N) is 1. The highest BCUT2D eigenvalue weighted by atomic mass is 16.2. The average Bonchev–Trinajstić information content (AvgIpc) is 2.87. The second-order valence-corrected chi connectivity index (χ2v) is 5.69. The van der Waals surface area contributed by atoms with E-state index < -0.39 is 23.2 Å². The zero-order valence-corrected chi connectivity index (χ0v) is 14.0. The third kappa shape index (κ3) is 2.90. The van der Waals surface area contributed by atoms with E-state index in [2.05, 4.69) is 5.32 Å². The standard InChI is InChI=1S/C17H17N5O4/c1-11-7-8-13(15(24)19-10-9-14(18)23)22-17(26)20(16(25)21(11)22)12-5-3-2-4-6-12/h2-8H,9-10H2,1H3,(H2,18,23)(H,19,24). The van der Waals surface area contributed by atoms with E-state index in [0.29, 0.717) is 11.4 Å². The van der Waals surface area contributed by atoms with Crippen molar-refractivity contribution in [3.8, 4) is 5.69 Å². The molecule has 0 radical (unpaired) electrons. The third-order valence-electron chi connectivity index (χ3n) is 3.89. The number of hydrogen-bond acceptors (Lipinski definition) is 4. The maximum atomic E-state index is 12.9. The average molecular weight is 355 g/mol. The molecular weight excluding hydrogens is 338 g/mol. The summed E-state index contributed by atoms with van der Waals surface area (Å²) < 4.78 is 3.15. The maximum absolute atomic E-state index is 12.9. The minimum Gasteiger partial charge on any atom is -0.370 e. The van der Waals surface area contributed by atoms with Crippen LogP contribution < -0.4 is 22.4 Å². The molecule has 0 unspecified atom stereocenters. The molecule has 2 amide bonds. The molecule has 2 aromatic heterocycles. The molecule has 0 atom stereocenters. The van der Waals surface area contributed by atoms with Crippen molar-refractivity contribution in [2.45, 2.75) is 13.3 Å². The monoisotopic (exact) mass is 355 g/mol. The van der Waals surface area contributed by atoms with E-state index >= 15 is 0 Å². The zero-order valence-electron chi connectivity index (χ0n) is 14.0. The Morgan fingerprint density at radius 3 is 2.31 bits per heavy atom. The van der Waals surface area contributed by atoms with E-state index in [-0.39, 0.29) is 18.7 Å². The number of carbonyl (C=O) groups is 2. The summed E-state index contributed by atoms with van der Waals surface area (Å²) >= 11 is 0. The summed E-state index contributed by atoms with van der Waals surface area (Å²) in [5.41, 5.74) is 4.69. The Labute approximate surface area is 147 Å². The molecule has 0 spiro atoms. The second kappa shape index (κ2) is 6.71. The Kier molecular flexibility index (Phi) is 4.44. The highest BCUT2D eigenvalue weighted by molar-refractivity contribution is 5.92. The topological polar surface area (TPSA) is 120 Å². The fraction of sp³-hybridized carbons (Fsp3) is 0.176. The van der Waals surface area contributed by atoms with Crippen molar-refractivity contribution in [3.05, 3.63) is 74.8 Å². The number of amides is 2. The van der Waals surface area contributed by atoms with Gasteiger partial charge in [-0.1, -0.05) is 18.2 Å². The first-order valence-electron chi connectivity index (χ1n) is 7.90. The minimum atomic E-state index is -0.662. The number of nitrogens with two attached hydrogens (primary N) is 1. The Hall–Kier alpha value is -3.62. The summed E-state index contributed by atoms with van der Waals surface area (Å²) in [4.78, 5) is 48.8. The number of benzene rings is 1. The number of aromatic nitrogens is 3. The van der Waals surface area contributed by atoms with Crippen LogP contribution in [0.3, 0.4) is 0 Å². The van der Waals surface area contributed by atoms with Crippen LogP contribution >= 0.6 is 0 Å². The molecule has 9 nitrogen and oxygen atoms in total. The number of carbonyl (C=O) groups excluding carboxylic acids is 2. The number of fused-ring (bicyclic) bond motifs is 1. The van der Waals surface area contributed by atoms with Gasteiger partial charge in [0.25, 0.3) is 5.91 Å².